The van der Waals surface area contributed by atoms with Crippen LogP contribution in [0.15, 0.2) is 30.3 Å². The summed E-state index contributed by atoms with van der Waals surface area (Å²) in [7, 11) is 0. The van der Waals surface area contributed by atoms with Gasteiger partial charge in [0.25, 0.3) is 0 Å². The van der Waals surface area contributed by atoms with Crippen molar-refractivity contribution in [2.24, 2.45) is 0 Å². The van der Waals surface area contributed by atoms with E-state index in [4.69, 9.17) is 4.74 Å². The average molecular weight is 325 g/mol. The Morgan fingerprint density at radius 3 is 2.32 bits per heavy atom. The predicted octanol–water partition coefficient (Wildman–Crippen LogP) is 3.24. The first kappa shape index (κ1) is 18.4. The first-order chi connectivity index (χ1) is 10.2. The van der Waals surface area contributed by atoms with Gasteiger partial charge in [0, 0.05) is 12.3 Å². The van der Waals surface area contributed by atoms with Crippen molar-refractivity contribution in [2.75, 3.05) is 12.0 Å². The van der Waals surface area contributed by atoms with Gasteiger partial charge < -0.3 is 9.84 Å². The van der Waals surface area contributed by atoms with Crippen LogP contribution in [0.2, 0.25) is 0 Å². The zero-order chi connectivity index (χ0) is 16.8. The average Bonchev–Trinajstić information content (AvgIpc) is 2.41. The summed E-state index contributed by atoms with van der Waals surface area (Å²) in [5, 5.41) is 9.44. The summed E-state index contributed by atoms with van der Waals surface area (Å²) in [5.74, 6) is -0.724. The van der Waals surface area contributed by atoms with E-state index in [0.29, 0.717) is 5.75 Å². The Hall–Kier alpha value is -1.69. The second-order valence-corrected chi connectivity index (χ2v) is 6.81. The van der Waals surface area contributed by atoms with Crippen molar-refractivity contribution in [1.29, 1.82) is 0 Å². The molecule has 1 atom stereocenters. The highest BCUT2D eigenvalue weighted by Crippen LogP contribution is 2.17. The van der Waals surface area contributed by atoms with E-state index in [2.05, 4.69) is 0 Å². The number of ether oxygens (including phenoxy) is 1. The van der Waals surface area contributed by atoms with Gasteiger partial charge in [0.15, 0.2) is 0 Å². The van der Waals surface area contributed by atoms with Crippen LogP contribution < -0.4 is 0 Å². The standard InChI is InChI=1S/C16H23NO4S/c1-16(2,3)21-15(20)17(13(11-22-4)14(18)19)10-12-8-6-5-7-9-12/h5-9,13H,10-11H2,1-4H3,(H,18,19)/t13-/m0/s1. The highest BCUT2D eigenvalue weighted by atomic mass is 32.2. The largest absolute Gasteiger partial charge is 0.480 e. The van der Waals surface area contributed by atoms with Crippen molar-refractivity contribution >= 4 is 23.8 Å². The van der Waals surface area contributed by atoms with Crippen LogP contribution in [0.1, 0.15) is 26.3 Å². The minimum absolute atomic E-state index is 0.202. The van der Waals surface area contributed by atoms with Crippen LogP contribution >= 0.6 is 11.8 Å². The molecule has 0 aliphatic carbocycles. The summed E-state index contributed by atoms with van der Waals surface area (Å²) in [6, 6.07) is 8.37. The monoisotopic (exact) mass is 325 g/mol. The fourth-order valence-electron chi connectivity index (χ4n) is 1.86. The molecule has 22 heavy (non-hydrogen) atoms. The molecular weight excluding hydrogens is 302 g/mol. The third-order valence-corrected chi connectivity index (χ3v) is 3.46. The second-order valence-electron chi connectivity index (χ2n) is 5.90. The zero-order valence-corrected chi connectivity index (χ0v) is 14.2. The van der Waals surface area contributed by atoms with Crippen molar-refractivity contribution < 1.29 is 19.4 Å². The smallest absolute Gasteiger partial charge is 0.411 e. The fourth-order valence-corrected chi connectivity index (χ4v) is 2.49. The van der Waals surface area contributed by atoms with Crippen molar-refractivity contribution in [3.63, 3.8) is 0 Å². The van der Waals surface area contributed by atoms with E-state index >= 15 is 0 Å². The molecule has 1 N–H and O–H groups in total. The van der Waals surface area contributed by atoms with Gasteiger partial charge in [-0.3, -0.25) is 4.90 Å². The number of carbonyl (C=O) groups is 2. The van der Waals surface area contributed by atoms with E-state index in [1.807, 2.05) is 36.6 Å². The summed E-state index contributed by atoms with van der Waals surface area (Å²) in [5.41, 5.74) is 0.190. The Morgan fingerprint density at radius 2 is 1.86 bits per heavy atom. The Balaban J connectivity index is 3.02. The summed E-state index contributed by atoms with van der Waals surface area (Å²) >= 11 is 1.38. The molecule has 0 aliphatic heterocycles. The lowest BCUT2D eigenvalue weighted by molar-refractivity contribution is -0.142. The first-order valence-electron chi connectivity index (χ1n) is 7.00. The summed E-state index contributed by atoms with van der Waals surface area (Å²) in [4.78, 5) is 25.2. The quantitative estimate of drug-likeness (QED) is 0.869. The zero-order valence-electron chi connectivity index (χ0n) is 13.4. The molecule has 0 aliphatic rings. The molecule has 6 heteroatoms. The highest BCUT2D eigenvalue weighted by molar-refractivity contribution is 7.98. The molecule has 5 nitrogen and oxygen atoms in total. The minimum Gasteiger partial charge on any atom is -0.480 e. The number of nitrogens with zero attached hydrogens (tertiary/aromatic N) is 1. The van der Waals surface area contributed by atoms with Crippen LogP contribution in [0.5, 0.6) is 0 Å². The van der Waals surface area contributed by atoms with Crippen LogP contribution in [-0.4, -0.2) is 45.7 Å². The highest BCUT2D eigenvalue weighted by Gasteiger charge is 2.32. The van der Waals surface area contributed by atoms with Gasteiger partial charge in [-0.25, -0.2) is 9.59 Å². The third kappa shape index (κ3) is 5.97. The van der Waals surface area contributed by atoms with E-state index in [0.717, 1.165) is 5.56 Å². The maximum Gasteiger partial charge on any atom is 0.411 e. The molecule has 1 amide bonds. The number of thioether (sulfide) groups is 1. The minimum atomic E-state index is -1.03. The number of hydrogen-bond donors (Lipinski definition) is 1. The fraction of sp³-hybridized carbons (Fsp3) is 0.500. The summed E-state index contributed by atoms with van der Waals surface area (Å²) in [6.07, 6.45) is 1.20. The predicted molar refractivity (Wildman–Crippen MR) is 88.0 cm³/mol. The van der Waals surface area contributed by atoms with Gasteiger partial charge in [0.2, 0.25) is 0 Å². The van der Waals surface area contributed by atoms with Gasteiger partial charge in [-0.2, -0.15) is 11.8 Å². The Morgan fingerprint density at radius 1 is 1.27 bits per heavy atom. The molecule has 122 valence electrons. The molecule has 1 rings (SSSR count). The number of rotatable bonds is 6. The Labute approximate surface area is 135 Å². The molecule has 0 heterocycles. The molecule has 0 spiro atoms. The molecule has 1 aromatic rings. The molecule has 1 aromatic carbocycles. The number of carboxylic acids is 1. The lowest BCUT2D eigenvalue weighted by atomic mass is 10.2. The van der Waals surface area contributed by atoms with E-state index in [1.165, 1.54) is 16.7 Å². The second kappa shape index (κ2) is 8.08. The van der Waals surface area contributed by atoms with E-state index in [-0.39, 0.29) is 6.54 Å². The van der Waals surface area contributed by atoms with Crippen molar-refractivity contribution in [3.8, 4) is 0 Å². The molecule has 0 saturated heterocycles. The lowest BCUT2D eigenvalue weighted by Gasteiger charge is -2.31. The molecular formula is C16H23NO4S. The van der Waals surface area contributed by atoms with Crippen molar-refractivity contribution in [3.05, 3.63) is 35.9 Å². The molecule has 0 aromatic heterocycles. The lowest BCUT2D eigenvalue weighted by Crippen LogP contribution is -2.48. The SMILES string of the molecule is CSC[C@@H](C(=O)O)N(Cc1ccccc1)C(=O)OC(C)(C)C. The van der Waals surface area contributed by atoms with Gasteiger partial charge in [-0.15, -0.1) is 0 Å². The Bertz CT molecular complexity index is 499. The maximum atomic E-state index is 12.4. The Kier molecular flexibility index (Phi) is 6.74. The number of amides is 1. The first-order valence-corrected chi connectivity index (χ1v) is 8.39. The van der Waals surface area contributed by atoms with Gasteiger partial charge in [-0.1, -0.05) is 30.3 Å². The van der Waals surface area contributed by atoms with Crippen LogP contribution in [0.3, 0.4) is 0 Å². The van der Waals surface area contributed by atoms with Crippen LogP contribution in [-0.2, 0) is 16.1 Å². The number of benzene rings is 1. The molecule has 0 saturated carbocycles. The number of hydrogen-bond acceptors (Lipinski definition) is 4. The molecule has 0 bridgehead atoms. The van der Waals surface area contributed by atoms with Gasteiger partial charge in [0.1, 0.15) is 11.6 Å². The third-order valence-electron chi connectivity index (χ3n) is 2.81. The molecule has 0 fully saturated rings. The van der Waals surface area contributed by atoms with Crippen LogP contribution in [0.4, 0.5) is 4.79 Å². The van der Waals surface area contributed by atoms with Crippen LogP contribution in [0, 0.1) is 0 Å². The number of aliphatic carboxylic acids is 1. The normalized spacial score (nSPS) is 12.5. The van der Waals surface area contributed by atoms with Crippen molar-refractivity contribution in [2.45, 2.75) is 39.0 Å². The van der Waals surface area contributed by atoms with Gasteiger partial charge in [0.05, 0.1) is 0 Å². The topological polar surface area (TPSA) is 66.8 Å². The van der Waals surface area contributed by atoms with Crippen molar-refractivity contribution in [1.82, 2.24) is 4.90 Å². The van der Waals surface area contributed by atoms with Gasteiger partial charge >= 0.3 is 12.1 Å². The summed E-state index contributed by atoms with van der Waals surface area (Å²) in [6.45, 7) is 5.48. The van der Waals surface area contributed by atoms with E-state index < -0.39 is 23.7 Å². The maximum absolute atomic E-state index is 12.4. The van der Waals surface area contributed by atoms with Crippen LogP contribution in [0.25, 0.3) is 0 Å². The number of carbonyl (C=O) groups excluding carboxylic acids is 1. The molecule has 0 unspecified atom stereocenters. The number of carboxylic acid groups (broad SMARTS) is 1. The van der Waals surface area contributed by atoms with E-state index in [1.54, 1.807) is 20.8 Å². The molecule has 0 radical (unpaired) electrons. The van der Waals surface area contributed by atoms with E-state index in [9.17, 15) is 14.7 Å². The van der Waals surface area contributed by atoms with Gasteiger partial charge in [-0.05, 0) is 32.6 Å². The summed E-state index contributed by atoms with van der Waals surface area (Å²) < 4.78 is 5.36.